The average Bonchev–Trinajstić information content (AvgIpc) is 2.58. The zero-order valence-corrected chi connectivity index (χ0v) is 15.1. The second-order valence-corrected chi connectivity index (χ2v) is 6.16. The quantitative estimate of drug-likeness (QED) is 0.479. The summed E-state index contributed by atoms with van der Waals surface area (Å²) in [6, 6.07) is 15.0. The smallest absolute Gasteiger partial charge is 0.0372 e. The molecule has 0 aliphatic heterocycles. The number of nitrogens with one attached hydrogen (secondary N) is 1. The van der Waals surface area contributed by atoms with Crippen molar-refractivity contribution in [3.63, 3.8) is 0 Å². The van der Waals surface area contributed by atoms with Gasteiger partial charge in [-0.15, -0.1) is 0 Å². The minimum atomic E-state index is 0.865. The summed E-state index contributed by atoms with van der Waals surface area (Å²) in [5.41, 5.74) is 7.56. The Hall–Kier alpha value is -2.54. The maximum atomic E-state index is 3.51. The van der Waals surface area contributed by atoms with Crippen LogP contribution in [0.5, 0.6) is 0 Å². The molecule has 0 bridgehead atoms. The fourth-order valence-corrected chi connectivity index (χ4v) is 2.50. The Labute approximate surface area is 146 Å². The van der Waals surface area contributed by atoms with E-state index < -0.39 is 0 Å². The third kappa shape index (κ3) is 5.27. The number of anilines is 1. The standard InChI is InChI=1S/C23H27N/c1-5-6-9-18(2)17-24-23-15-13-21(16-20(23)4)12-14-22-11-8-7-10-19(22)3/h5-16,24H,17H2,1-4H3/b6-5-,14-12+,18-9+. The third-order valence-electron chi connectivity index (χ3n) is 4.03. The predicted octanol–water partition coefficient (Wildman–Crippen LogP) is 6.41. The van der Waals surface area contributed by atoms with E-state index in [-0.39, 0.29) is 0 Å². The normalized spacial score (nSPS) is 12.2. The van der Waals surface area contributed by atoms with Crippen LogP contribution < -0.4 is 5.32 Å². The minimum Gasteiger partial charge on any atom is -0.381 e. The Bertz CT molecular complexity index is 763. The van der Waals surface area contributed by atoms with E-state index >= 15 is 0 Å². The molecule has 2 aromatic rings. The van der Waals surface area contributed by atoms with Gasteiger partial charge in [-0.25, -0.2) is 0 Å². The van der Waals surface area contributed by atoms with Crippen LogP contribution in [0.1, 0.15) is 36.1 Å². The van der Waals surface area contributed by atoms with Crippen molar-refractivity contribution < 1.29 is 0 Å². The van der Waals surface area contributed by atoms with E-state index in [1.54, 1.807) is 0 Å². The highest BCUT2D eigenvalue weighted by Crippen LogP contribution is 2.19. The molecule has 0 spiro atoms. The van der Waals surface area contributed by atoms with Crippen molar-refractivity contribution in [2.24, 2.45) is 0 Å². The van der Waals surface area contributed by atoms with Gasteiger partial charge in [-0.1, -0.05) is 66.3 Å². The van der Waals surface area contributed by atoms with Gasteiger partial charge in [0.05, 0.1) is 0 Å². The lowest BCUT2D eigenvalue weighted by atomic mass is 10.1. The molecular formula is C23H27N. The third-order valence-corrected chi connectivity index (χ3v) is 4.03. The lowest BCUT2D eigenvalue weighted by Crippen LogP contribution is -2.04. The van der Waals surface area contributed by atoms with Gasteiger partial charge in [-0.3, -0.25) is 0 Å². The molecule has 24 heavy (non-hydrogen) atoms. The lowest BCUT2D eigenvalue weighted by molar-refractivity contribution is 1.19. The molecule has 0 atom stereocenters. The number of rotatable bonds is 6. The maximum Gasteiger partial charge on any atom is 0.0372 e. The predicted molar refractivity (Wildman–Crippen MR) is 108 cm³/mol. The number of hydrogen-bond donors (Lipinski definition) is 1. The van der Waals surface area contributed by atoms with Crippen LogP contribution >= 0.6 is 0 Å². The largest absolute Gasteiger partial charge is 0.381 e. The van der Waals surface area contributed by atoms with E-state index in [0.717, 1.165) is 6.54 Å². The van der Waals surface area contributed by atoms with E-state index in [2.05, 4.69) is 92.9 Å². The first-order valence-electron chi connectivity index (χ1n) is 8.47. The number of aryl methyl sites for hydroxylation is 2. The second kappa shape index (κ2) is 8.93. The molecule has 0 aliphatic rings. The summed E-state index contributed by atoms with van der Waals surface area (Å²) < 4.78 is 0. The molecule has 0 aromatic heterocycles. The zero-order chi connectivity index (χ0) is 17.4. The highest BCUT2D eigenvalue weighted by molar-refractivity contribution is 5.72. The summed E-state index contributed by atoms with van der Waals surface area (Å²) in [4.78, 5) is 0. The van der Waals surface area contributed by atoms with Crippen molar-refractivity contribution >= 4 is 17.8 Å². The molecule has 2 aromatic carbocycles. The van der Waals surface area contributed by atoms with Crippen LogP contribution in [0.3, 0.4) is 0 Å². The van der Waals surface area contributed by atoms with Gasteiger partial charge in [0.2, 0.25) is 0 Å². The highest BCUT2D eigenvalue weighted by Gasteiger charge is 1.99. The molecule has 124 valence electrons. The first-order chi connectivity index (χ1) is 11.6. The van der Waals surface area contributed by atoms with Crippen molar-refractivity contribution in [2.75, 3.05) is 11.9 Å². The number of allylic oxidation sites excluding steroid dienone is 3. The molecule has 0 radical (unpaired) electrons. The molecule has 0 saturated heterocycles. The Morgan fingerprint density at radius 2 is 1.79 bits per heavy atom. The summed E-state index contributed by atoms with van der Waals surface area (Å²) in [6.45, 7) is 9.33. The SMILES string of the molecule is C/C=C\C=C(/C)CNc1ccc(/C=C/c2ccccc2C)cc1C. The van der Waals surface area contributed by atoms with E-state index in [9.17, 15) is 0 Å². The van der Waals surface area contributed by atoms with Gasteiger partial charge in [-0.2, -0.15) is 0 Å². The van der Waals surface area contributed by atoms with Crippen molar-refractivity contribution in [1.82, 2.24) is 0 Å². The summed E-state index contributed by atoms with van der Waals surface area (Å²) in [6.07, 6.45) is 10.6. The highest BCUT2D eigenvalue weighted by atomic mass is 14.9. The monoisotopic (exact) mass is 317 g/mol. The molecule has 0 heterocycles. The molecular weight excluding hydrogens is 290 g/mol. The zero-order valence-electron chi connectivity index (χ0n) is 15.1. The van der Waals surface area contributed by atoms with E-state index in [1.807, 2.05) is 13.0 Å². The summed E-state index contributed by atoms with van der Waals surface area (Å²) in [5, 5.41) is 3.51. The molecule has 2 rings (SSSR count). The van der Waals surface area contributed by atoms with Crippen molar-refractivity contribution in [3.8, 4) is 0 Å². The Balaban J connectivity index is 2.05. The van der Waals surface area contributed by atoms with E-state index in [1.165, 1.54) is 33.5 Å². The second-order valence-electron chi connectivity index (χ2n) is 6.16. The lowest BCUT2D eigenvalue weighted by Gasteiger charge is -2.10. The van der Waals surface area contributed by atoms with Gasteiger partial charge >= 0.3 is 0 Å². The Kier molecular flexibility index (Phi) is 6.62. The molecule has 0 amide bonds. The fraction of sp³-hybridized carbons (Fsp3) is 0.217. The van der Waals surface area contributed by atoms with Crippen LogP contribution in [-0.2, 0) is 0 Å². The van der Waals surface area contributed by atoms with Gasteiger partial charge < -0.3 is 5.32 Å². The van der Waals surface area contributed by atoms with Gasteiger partial charge in [0.15, 0.2) is 0 Å². The van der Waals surface area contributed by atoms with E-state index in [0.29, 0.717) is 0 Å². The van der Waals surface area contributed by atoms with Crippen molar-refractivity contribution in [3.05, 3.63) is 88.5 Å². The van der Waals surface area contributed by atoms with Crippen molar-refractivity contribution in [1.29, 1.82) is 0 Å². The molecule has 1 N–H and O–H groups in total. The van der Waals surface area contributed by atoms with E-state index in [4.69, 9.17) is 0 Å². The van der Waals surface area contributed by atoms with Crippen LogP contribution in [0.2, 0.25) is 0 Å². The summed E-state index contributed by atoms with van der Waals surface area (Å²) in [7, 11) is 0. The molecule has 0 unspecified atom stereocenters. The maximum absolute atomic E-state index is 3.51. The van der Waals surface area contributed by atoms with Crippen molar-refractivity contribution in [2.45, 2.75) is 27.7 Å². The fourth-order valence-electron chi connectivity index (χ4n) is 2.50. The molecule has 1 heteroatoms. The first-order valence-corrected chi connectivity index (χ1v) is 8.47. The van der Waals surface area contributed by atoms with Crippen LogP contribution in [-0.4, -0.2) is 6.54 Å². The Morgan fingerprint density at radius 1 is 1.00 bits per heavy atom. The van der Waals surface area contributed by atoms with Crippen LogP contribution in [0.4, 0.5) is 5.69 Å². The van der Waals surface area contributed by atoms with Crippen LogP contribution in [0, 0.1) is 13.8 Å². The van der Waals surface area contributed by atoms with Gasteiger partial charge in [0, 0.05) is 12.2 Å². The van der Waals surface area contributed by atoms with Gasteiger partial charge in [-0.05, 0) is 62.1 Å². The summed E-state index contributed by atoms with van der Waals surface area (Å²) >= 11 is 0. The van der Waals surface area contributed by atoms with Gasteiger partial charge in [0.25, 0.3) is 0 Å². The average molecular weight is 317 g/mol. The minimum absolute atomic E-state index is 0.865. The molecule has 0 aliphatic carbocycles. The van der Waals surface area contributed by atoms with Crippen LogP contribution in [0.15, 0.2) is 66.3 Å². The first kappa shape index (κ1) is 17.8. The Morgan fingerprint density at radius 3 is 2.50 bits per heavy atom. The van der Waals surface area contributed by atoms with Gasteiger partial charge in [0.1, 0.15) is 0 Å². The topological polar surface area (TPSA) is 12.0 Å². The molecule has 0 saturated carbocycles. The summed E-state index contributed by atoms with van der Waals surface area (Å²) in [5.74, 6) is 0. The van der Waals surface area contributed by atoms with Crippen LogP contribution in [0.25, 0.3) is 12.2 Å². The number of hydrogen-bond acceptors (Lipinski definition) is 1. The molecule has 0 fully saturated rings. The number of benzene rings is 2. The molecule has 1 nitrogen and oxygen atoms in total.